The van der Waals surface area contributed by atoms with Gasteiger partial charge in [-0.05, 0) is 0 Å². The molecule has 0 saturated carbocycles. The van der Waals surface area contributed by atoms with Crippen LogP contribution in [0.3, 0.4) is 0 Å². The molecule has 3 aromatic heterocycles. The van der Waals surface area contributed by atoms with Crippen LogP contribution < -0.4 is 2.89 Å². The van der Waals surface area contributed by atoms with Gasteiger partial charge in [0, 0.05) is 0 Å². The standard InChI is InChI=1S/C10H6N3O2S2.3C4H9.Sn/c14-17(15,8-1-3-11-4-2-8)9-10-13(7-12-9)5-6-16-10;3*1-3-4-2;/h1-5,7H;3*1,3-4H2,2H3;. The first-order chi connectivity index (χ1) is 14.5. The molecule has 164 valence electrons. The zero-order valence-corrected chi connectivity index (χ0v) is 22.8. The molecule has 0 fully saturated rings. The second-order valence-electron chi connectivity index (χ2n) is 8.13. The maximum atomic E-state index is 13.2. The first-order valence-electron chi connectivity index (χ1n) is 11.1. The van der Waals surface area contributed by atoms with Crippen molar-refractivity contribution in [3.8, 4) is 0 Å². The molecule has 0 aliphatic carbocycles. The molecule has 0 aliphatic rings. The molecular weight excluding hydrogens is 521 g/mol. The third-order valence-corrected chi connectivity index (χ3v) is 27.0. The topological polar surface area (TPSA) is 64.3 Å². The molecule has 0 unspecified atom stereocenters. The molecule has 0 N–H and O–H groups in total. The number of aromatic nitrogens is 3. The van der Waals surface area contributed by atoms with Crippen LogP contribution in [0.2, 0.25) is 13.3 Å². The van der Waals surface area contributed by atoms with Crippen LogP contribution >= 0.6 is 11.3 Å². The van der Waals surface area contributed by atoms with Crippen LogP contribution in [0.25, 0.3) is 4.83 Å². The Morgan fingerprint density at radius 1 is 0.967 bits per heavy atom. The fourth-order valence-corrected chi connectivity index (χ4v) is 25.7. The van der Waals surface area contributed by atoms with Crippen molar-refractivity contribution in [1.82, 2.24) is 14.4 Å². The van der Waals surface area contributed by atoms with Gasteiger partial charge in [-0.1, -0.05) is 0 Å². The summed E-state index contributed by atoms with van der Waals surface area (Å²) in [5.74, 6) is 0. The predicted molar refractivity (Wildman–Crippen MR) is 127 cm³/mol. The van der Waals surface area contributed by atoms with E-state index in [1.807, 2.05) is 4.40 Å². The van der Waals surface area contributed by atoms with Crippen LogP contribution in [0.5, 0.6) is 0 Å². The summed E-state index contributed by atoms with van der Waals surface area (Å²) in [6.07, 6.45) is 14.5. The third kappa shape index (κ3) is 4.93. The Kier molecular flexibility index (Phi) is 8.38. The van der Waals surface area contributed by atoms with Gasteiger partial charge in [-0.25, -0.2) is 0 Å². The summed E-state index contributed by atoms with van der Waals surface area (Å²) in [4.78, 5) is 9.27. The number of fused-ring (bicyclic) bond motifs is 1. The molecule has 0 spiro atoms. The minimum absolute atomic E-state index is 0.187. The van der Waals surface area contributed by atoms with Gasteiger partial charge in [-0.2, -0.15) is 0 Å². The summed E-state index contributed by atoms with van der Waals surface area (Å²) < 4.78 is 34.0. The molecule has 3 rings (SSSR count). The number of unbranched alkanes of at least 4 members (excludes halogenated alkanes) is 3. The van der Waals surface area contributed by atoms with Crippen LogP contribution in [0.4, 0.5) is 0 Å². The number of thiazole rings is 1. The zero-order chi connectivity index (χ0) is 21.6. The van der Waals surface area contributed by atoms with E-state index in [-0.39, 0.29) is 9.92 Å². The average molecular weight is 554 g/mol. The Morgan fingerprint density at radius 3 is 2.07 bits per heavy atom. The predicted octanol–water partition coefficient (Wildman–Crippen LogP) is 5.68. The first kappa shape index (κ1) is 23.7. The van der Waals surface area contributed by atoms with Crippen LogP contribution in [-0.2, 0) is 9.84 Å². The van der Waals surface area contributed by atoms with Crippen molar-refractivity contribution in [2.24, 2.45) is 0 Å². The molecule has 0 aromatic carbocycles. The molecule has 0 amide bonds. The van der Waals surface area contributed by atoms with E-state index >= 15 is 0 Å². The molecule has 0 bridgehead atoms. The fraction of sp³-hybridized carbons (Fsp3) is 0.545. The summed E-state index contributed by atoms with van der Waals surface area (Å²) in [6, 6.07) is 3.09. The molecule has 5 nitrogen and oxygen atoms in total. The second-order valence-corrected chi connectivity index (χ2v) is 25.2. The van der Waals surface area contributed by atoms with E-state index in [9.17, 15) is 8.42 Å². The number of hydrogen-bond donors (Lipinski definition) is 0. The van der Waals surface area contributed by atoms with Crippen LogP contribution in [0, 0.1) is 0 Å². The van der Waals surface area contributed by atoms with E-state index in [1.54, 1.807) is 29.8 Å². The molecule has 0 radical (unpaired) electrons. The van der Waals surface area contributed by atoms with E-state index in [0.29, 0.717) is 0 Å². The second kappa shape index (κ2) is 10.6. The summed E-state index contributed by atoms with van der Waals surface area (Å²) in [5.41, 5.74) is 0. The van der Waals surface area contributed by atoms with Crippen LogP contribution in [0.1, 0.15) is 59.3 Å². The van der Waals surface area contributed by atoms with Crippen molar-refractivity contribution in [2.45, 2.75) is 82.5 Å². The van der Waals surface area contributed by atoms with E-state index in [2.05, 4.69) is 36.9 Å². The summed E-state index contributed by atoms with van der Waals surface area (Å²) in [6.45, 7) is 6.83. The number of imidazole rings is 1. The van der Waals surface area contributed by atoms with Crippen molar-refractivity contribution in [3.05, 3.63) is 37.1 Å². The van der Waals surface area contributed by atoms with Gasteiger partial charge in [0.25, 0.3) is 0 Å². The normalized spacial score (nSPS) is 12.6. The first-order valence-corrected chi connectivity index (χ1v) is 20.9. The quantitative estimate of drug-likeness (QED) is 0.271. The zero-order valence-electron chi connectivity index (χ0n) is 18.3. The maximum absolute atomic E-state index is 13.2. The number of rotatable bonds is 12. The molecule has 30 heavy (non-hydrogen) atoms. The summed E-state index contributed by atoms with van der Waals surface area (Å²) in [7, 11) is -3.64. The summed E-state index contributed by atoms with van der Waals surface area (Å²) in [5, 5.41) is 0.187. The van der Waals surface area contributed by atoms with Gasteiger partial charge in [-0.15, -0.1) is 0 Å². The molecule has 8 heteroatoms. The van der Waals surface area contributed by atoms with Gasteiger partial charge in [0.05, 0.1) is 0 Å². The van der Waals surface area contributed by atoms with Crippen molar-refractivity contribution >= 4 is 47.3 Å². The van der Waals surface area contributed by atoms with Gasteiger partial charge >= 0.3 is 190 Å². The van der Waals surface area contributed by atoms with Crippen LogP contribution in [-0.4, -0.2) is 41.2 Å². The van der Waals surface area contributed by atoms with E-state index in [4.69, 9.17) is 0 Å². The van der Waals surface area contributed by atoms with Gasteiger partial charge in [0.15, 0.2) is 0 Å². The van der Waals surface area contributed by atoms with Crippen molar-refractivity contribution in [2.75, 3.05) is 0 Å². The average Bonchev–Trinajstić information content (AvgIpc) is 3.35. The number of hydrogen-bond acceptors (Lipinski definition) is 5. The van der Waals surface area contributed by atoms with Crippen molar-refractivity contribution in [3.63, 3.8) is 0 Å². The molecule has 0 saturated heterocycles. The number of pyridine rings is 1. The molecular formula is C22H33N3O2S2Sn. The number of sulfone groups is 1. The Bertz CT molecular complexity index is 1020. The van der Waals surface area contributed by atoms with Gasteiger partial charge in [0.1, 0.15) is 0 Å². The van der Waals surface area contributed by atoms with E-state index in [0.717, 1.165) is 4.83 Å². The van der Waals surface area contributed by atoms with Gasteiger partial charge < -0.3 is 0 Å². The molecule has 3 aromatic rings. The Morgan fingerprint density at radius 2 is 1.53 bits per heavy atom. The van der Waals surface area contributed by atoms with Gasteiger partial charge in [0.2, 0.25) is 0 Å². The Labute approximate surface area is 188 Å². The number of nitrogens with zero attached hydrogens (tertiary/aromatic N) is 3. The summed E-state index contributed by atoms with van der Waals surface area (Å²) >= 11 is -0.893. The molecule has 0 atom stereocenters. The third-order valence-electron chi connectivity index (χ3n) is 5.94. The Balaban J connectivity index is 2.07. The monoisotopic (exact) mass is 555 g/mol. The van der Waals surface area contributed by atoms with Crippen LogP contribution in [0.15, 0.2) is 47.0 Å². The van der Waals surface area contributed by atoms with E-state index < -0.39 is 28.2 Å². The SMILES string of the molecule is CCC[CH2][Sn]([CH2]CCC)([CH2]CCC)[c]1cn2cnc(S(=O)(=O)c3ccncc3)c2s1. The minimum atomic E-state index is -3.64. The van der Waals surface area contributed by atoms with Gasteiger partial charge in [-0.3, -0.25) is 0 Å². The molecule has 0 aliphatic heterocycles. The fourth-order valence-electron chi connectivity index (χ4n) is 4.13. The van der Waals surface area contributed by atoms with Crippen molar-refractivity contribution in [1.29, 1.82) is 0 Å². The molecule has 3 heterocycles. The van der Waals surface area contributed by atoms with Crippen molar-refractivity contribution < 1.29 is 8.42 Å². The van der Waals surface area contributed by atoms with E-state index in [1.165, 1.54) is 67.1 Å². The Hall–Kier alpha value is -0.931.